The number of aryl methyl sites for hydroxylation is 1. The molecule has 2 aliphatic rings. The molecule has 2 heterocycles. The highest BCUT2D eigenvalue weighted by Gasteiger charge is 2.40. The van der Waals surface area contributed by atoms with Crippen LogP contribution >= 0.6 is 0 Å². The quantitative estimate of drug-likeness (QED) is 0.922. The fourth-order valence-corrected chi connectivity index (χ4v) is 4.03. The zero-order chi connectivity index (χ0) is 15.9. The second-order valence-electron chi connectivity index (χ2n) is 6.80. The van der Waals surface area contributed by atoms with E-state index in [1.54, 1.807) is 6.07 Å². The van der Waals surface area contributed by atoms with Crippen LogP contribution in [-0.2, 0) is 12.0 Å². The van der Waals surface area contributed by atoms with Crippen LogP contribution in [0.25, 0.3) is 11.3 Å². The first kappa shape index (κ1) is 14.5. The van der Waals surface area contributed by atoms with E-state index in [0.717, 1.165) is 17.8 Å². The number of fused-ring (bicyclic) bond motifs is 2. The third kappa shape index (κ3) is 2.37. The average Bonchev–Trinajstić information content (AvgIpc) is 2.74. The van der Waals surface area contributed by atoms with Gasteiger partial charge in [-0.05, 0) is 61.8 Å². The molecule has 1 aliphatic heterocycles. The van der Waals surface area contributed by atoms with Gasteiger partial charge in [-0.1, -0.05) is 12.5 Å². The fraction of sp³-hybridized carbons (Fsp3) is 0.474. The van der Waals surface area contributed by atoms with Crippen LogP contribution < -0.4 is 10.9 Å². The summed E-state index contributed by atoms with van der Waals surface area (Å²) in [5, 5.41) is 8.09. The first-order chi connectivity index (χ1) is 11.2. The van der Waals surface area contributed by atoms with Gasteiger partial charge in [0.1, 0.15) is 0 Å². The third-order valence-electron chi connectivity index (χ3n) is 5.51. The summed E-state index contributed by atoms with van der Waals surface area (Å²) in [6.45, 7) is 3.61. The molecule has 1 spiro atoms. The topological polar surface area (TPSA) is 46.9 Å². The summed E-state index contributed by atoms with van der Waals surface area (Å²) in [7, 11) is 0. The highest BCUT2D eigenvalue weighted by atomic mass is 16.1. The molecule has 4 heteroatoms. The second kappa shape index (κ2) is 5.52. The molecule has 1 aliphatic carbocycles. The molecule has 1 saturated carbocycles. The van der Waals surface area contributed by atoms with Crippen LogP contribution in [0.3, 0.4) is 0 Å². The van der Waals surface area contributed by atoms with Gasteiger partial charge < -0.3 is 5.32 Å². The Labute approximate surface area is 136 Å². The molecule has 0 saturated heterocycles. The van der Waals surface area contributed by atoms with Crippen LogP contribution in [0.4, 0.5) is 5.69 Å². The monoisotopic (exact) mass is 309 g/mol. The van der Waals surface area contributed by atoms with Crippen molar-refractivity contribution in [1.29, 1.82) is 0 Å². The van der Waals surface area contributed by atoms with E-state index in [4.69, 9.17) is 0 Å². The summed E-state index contributed by atoms with van der Waals surface area (Å²) in [6, 6.07) is 10.1. The van der Waals surface area contributed by atoms with E-state index in [0.29, 0.717) is 12.0 Å². The molecule has 4 rings (SSSR count). The Morgan fingerprint density at radius 2 is 2.00 bits per heavy atom. The Kier molecular flexibility index (Phi) is 3.47. The van der Waals surface area contributed by atoms with Gasteiger partial charge in [-0.15, -0.1) is 0 Å². The molecule has 0 unspecified atom stereocenters. The van der Waals surface area contributed by atoms with Crippen LogP contribution in [0.5, 0.6) is 0 Å². The maximum atomic E-state index is 11.8. The Morgan fingerprint density at radius 3 is 2.74 bits per heavy atom. The molecule has 120 valence electrons. The number of nitrogens with zero attached hydrogens (tertiary/aromatic N) is 2. The van der Waals surface area contributed by atoms with Gasteiger partial charge in [0.25, 0.3) is 5.56 Å². The van der Waals surface area contributed by atoms with Crippen LogP contribution in [-0.4, -0.2) is 16.3 Å². The number of nitrogens with one attached hydrogen (secondary N) is 1. The number of aromatic nitrogens is 2. The second-order valence-corrected chi connectivity index (χ2v) is 6.80. The smallest absolute Gasteiger partial charge is 0.266 e. The first-order valence-corrected chi connectivity index (χ1v) is 8.69. The lowest BCUT2D eigenvalue weighted by molar-refractivity contribution is 0.227. The Hall–Kier alpha value is -2.10. The Balaban J connectivity index is 1.81. The summed E-state index contributed by atoms with van der Waals surface area (Å²) in [4.78, 5) is 11.8. The fourth-order valence-electron chi connectivity index (χ4n) is 4.03. The molecule has 1 aromatic heterocycles. The number of hydrogen-bond donors (Lipinski definition) is 1. The lowest BCUT2D eigenvalue weighted by Gasteiger charge is -2.42. The van der Waals surface area contributed by atoms with Crippen LogP contribution in [0.15, 0.2) is 35.1 Å². The molecule has 0 amide bonds. The summed E-state index contributed by atoms with van der Waals surface area (Å²) < 4.78 is 1.53. The van der Waals surface area contributed by atoms with Crippen molar-refractivity contribution in [2.45, 2.75) is 51.0 Å². The van der Waals surface area contributed by atoms with E-state index >= 15 is 0 Å². The predicted octanol–water partition coefficient (Wildman–Crippen LogP) is 3.56. The molecule has 4 nitrogen and oxygen atoms in total. The van der Waals surface area contributed by atoms with E-state index in [9.17, 15) is 4.79 Å². The van der Waals surface area contributed by atoms with Crippen molar-refractivity contribution >= 4 is 5.69 Å². The highest BCUT2D eigenvalue weighted by molar-refractivity contribution is 5.68. The number of rotatable bonds is 2. The summed E-state index contributed by atoms with van der Waals surface area (Å²) in [5.41, 5.74) is 5.07. The minimum Gasteiger partial charge on any atom is -0.385 e. The van der Waals surface area contributed by atoms with E-state index in [1.165, 1.54) is 48.0 Å². The average molecular weight is 309 g/mol. The maximum absolute atomic E-state index is 11.8. The molecule has 1 aromatic carbocycles. The Morgan fingerprint density at radius 1 is 1.17 bits per heavy atom. The van der Waals surface area contributed by atoms with Gasteiger partial charge in [0.2, 0.25) is 0 Å². The zero-order valence-corrected chi connectivity index (χ0v) is 13.6. The van der Waals surface area contributed by atoms with Crippen LogP contribution in [0, 0.1) is 0 Å². The predicted molar refractivity (Wildman–Crippen MR) is 92.9 cm³/mol. The van der Waals surface area contributed by atoms with Crippen molar-refractivity contribution in [2.75, 3.05) is 11.9 Å². The van der Waals surface area contributed by atoms with E-state index in [2.05, 4.69) is 28.6 Å². The normalized spacial score (nSPS) is 18.7. The van der Waals surface area contributed by atoms with Crippen molar-refractivity contribution in [1.82, 2.24) is 9.78 Å². The molecule has 2 aromatic rings. The van der Waals surface area contributed by atoms with Gasteiger partial charge in [-0.2, -0.15) is 5.10 Å². The van der Waals surface area contributed by atoms with Crippen molar-refractivity contribution in [2.24, 2.45) is 0 Å². The summed E-state index contributed by atoms with van der Waals surface area (Å²) in [5.74, 6) is 0. The van der Waals surface area contributed by atoms with Crippen LogP contribution in [0.2, 0.25) is 0 Å². The Bertz CT molecular complexity index is 789. The molecule has 0 radical (unpaired) electrons. The number of hydrogen-bond acceptors (Lipinski definition) is 3. The lowest BCUT2D eigenvalue weighted by Crippen LogP contribution is -2.33. The van der Waals surface area contributed by atoms with Crippen molar-refractivity contribution < 1.29 is 0 Å². The van der Waals surface area contributed by atoms with E-state index in [1.807, 2.05) is 13.0 Å². The minimum atomic E-state index is -0.0388. The molecule has 23 heavy (non-hydrogen) atoms. The summed E-state index contributed by atoms with van der Waals surface area (Å²) in [6.07, 6.45) is 6.45. The molecule has 1 N–H and O–H groups in total. The molecular weight excluding hydrogens is 286 g/mol. The van der Waals surface area contributed by atoms with Crippen LogP contribution in [0.1, 0.15) is 44.6 Å². The molecule has 1 fully saturated rings. The van der Waals surface area contributed by atoms with Gasteiger partial charge >= 0.3 is 0 Å². The lowest BCUT2D eigenvalue weighted by atomic mass is 9.62. The standard InChI is InChI=1S/C19H23N3O/c1-2-22-18(23)8-7-16(21-22)14-5-6-17-15(13-14)19(9-3-10-19)11-4-12-20-17/h5-8,13,20H,2-4,9-12H2,1H3. The number of anilines is 1. The van der Waals surface area contributed by atoms with Crippen molar-refractivity contribution in [3.8, 4) is 11.3 Å². The van der Waals surface area contributed by atoms with Crippen molar-refractivity contribution in [3.63, 3.8) is 0 Å². The van der Waals surface area contributed by atoms with Crippen molar-refractivity contribution in [3.05, 3.63) is 46.2 Å². The molecule has 0 bridgehead atoms. The SMILES string of the molecule is CCn1nc(-c2ccc3c(c2)C2(CCCN3)CCC2)ccc1=O. The molecule has 0 atom stereocenters. The first-order valence-electron chi connectivity index (χ1n) is 8.69. The molecular formula is C19H23N3O. The largest absolute Gasteiger partial charge is 0.385 e. The van der Waals surface area contributed by atoms with Gasteiger partial charge in [0.15, 0.2) is 0 Å². The summed E-state index contributed by atoms with van der Waals surface area (Å²) >= 11 is 0. The van der Waals surface area contributed by atoms with E-state index < -0.39 is 0 Å². The van der Waals surface area contributed by atoms with E-state index in [-0.39, 0.29) is 5.56 Å². The minimum absolute atomic E-state index is 0.0388. The van der Waals surface area contributed by atoms with Gasteiger partial charge in [-0.25, -0.2) is 4.68 Å². The third-order valence-corrected chi connectivity index (χ3v) is 5.51. The number of benzene rings is 1. The zero-order valence-electron chi connectivity index (χ0n) is 13.6. The van der Waals surface area contributed by atoms with Gasteiger partial charge in [-0.3, -0.25) is 4.79 Å². The van der Waals surface area contributed by atoms with Gasteiger partial charge in [0, 0.05) is 30.4 Å². The highest BCUT2D eigenvalue weighted by Crippen LogP contribution is 2.51. The van der Waals surface area contributed by atoms with Gasteiger partial charge in [0.05, 0.1) is 5.69 Å². The maximum Gasteiger partial charge on any atom is 0.266 e.